The first-order valence-electron chi connectivity index (χ1n) is 19.1. The summed E-state index contributed by atoms with van der Waals surface area (Å²) in [5.74, 6) is 0. The van der Waals surface area contributed by atoms with Crippen LogP contribution < -0.4 is 0 Å². The molecule has 0 aromatic rings. The van der Waals surface area contributed by atoms with Gasteiger partial charge in [0.2, 0.25) is 0 Å². The molecule has 258 valence electrons. The van der Waals surface area contributed by atoms with Crippen molar-refractivity contribution in [2.45, 2.75) is 181 Å². The second kappa shape index (κ2) is 36.3. The van der Waals surface area contributed by atoms with Gasteiger partial charge in [0.1, 0.15) is 0 Å². The van der Waals surface area contributed by atoms with Crippen molar-refractivity contribution in [2.24, 2.45) is 0 Å². The average Bonchev–Trinajstić information content (AvgIpc) is 3.00. The van der Waals surface area contributed by atoms with E-state index in [2.05, 4.69) is 82.3 Å². The number of rotatable bonds is 34. The Balaban J connectivity index is 3.66. The highest BCUT2D eigenvalue weighted by Crippen LogP contribution is 2.12. The number of hydrogen-bond donors (Lipinski definition) is 0. The Morgan fingerprint density at radius 1 is 0.523 bits per heavy atom. The van der Waals surface area contributed by atoms with Crippen molar-refractivity contribution < 1.29 is 9.47 Å². The zero-order valence-corrected chi connectivity index (χ0v) is 30.5. The van der Waals surface area contributed by atoms with Gasteiger partial charge in [-0.2, -0.15) is 0 Å². The van der Waals surface area contributed by atoms with E-state index in [1.165, 1.54) is 134 Å². The minimum atomic E-state index is -0.0933. The highest BCUT2D eigenvalue weighted by Gasteiger charge is 2.10. The molecular weight excluding hydrogens is 538 g/mol. The van der Waals surface area contributed by atoms with E-state index in [9.17, 15) is 0 Å². The third-order valence-corrected chi connectivity index (χ3v) is 8.14. The molecular formula is C41H77NO2. The Hall–Kier alpha value is -1.16. The number of hydrogen-bond acceptors (Lipinski definition) is 3. The normalized spacial score (nSPS) is 13.5. The molecule has 44 heavy (non-hydrogen) atoms. The largest absolute Gasteiger partial charge is 0.351 e. The van der Waals surface area contributed by atoms with Crippen LogP contribution >= 0.6 is 0 Å². The maximum atomic E-state index is 6.13. The first-order valence-corrected chi connectivity index (χ1v) is 19.1. The first kappa shape index (κ1) is 42.8. The Morgan fingerprint density at radius 3 is 1.45 bits per heavy atom. The van der Waals surface area contributed by atoms with Gasteiger partial charge in [0, 0.05) is 19.8 Å². The van der Waals surface area contributed by atoms with Crippen molar-refractivity contribution in [2.75, 3.05) is 33.9 Å². The van der Waals surface area contributed by atoms with Crippen LogP contribution in [-0.2, 0) is 9.47 Å². The van der Waals surface area contributed by atoms with Gasteiger partial charge in [-0.25, -0.2) is 0 Å². The van der Waals surface area contributed by atoms with E-state index in [1.807, 2.05) is 0 Å². The number of likely N-dealkylation sites (N-methyl/N-ethyl adjacent to an activating group) is 1. The summed E-state index contributed by atoms with van der Waals surface area (Å²) in [5, 5.41) is 0. The summed E-state index contributed by atoms with van der Waals surface area (Å²) in [7, 11) is 4.20. The van der Waals surface area contributed by atoms with Crippen molar-refractivity contribution >= 4 is 0 Å². The van der Waals surface area contributed by atoms with Gasteiger partial charge in [-0.3, -0.25) is 0 Å². The van der Waals surface area contributed by atoms with Crippen LogP contribution in [0.1, 0.15) is 175 Å². The molecule has 3 nitrogen and oxygen atoms in total. The Kier molecular flexibility index (Phi) is 35.4. The van der Waals surface area contributed by atoms with Crippen molar-refractivity contribution in [3.8, 4) is 0 Å². The molecule has 0 rings (SSSR count). The summed E-state index contributed by atoms with van der Waals surface area (Å²) in [5.41, 5.74) is 1.52. The van der Waals surface area contributed by atoms with Crippen LogP contribution in [-0.4, -0.2) is 45.0 Å². The minimum absolute atomic E-state index is 0.0933. The molecule has 0 aromatic carbocycles. The van der Waals surface area contributed by atoms with Crippen LogP contribution in [0.15, 0.2) is 48.1 Å². The molecule has 0 radical (unpaired) electrons. The van der Waals surface area contributed by atoms with Gasteiger partial charge < -0.3 is 14.4 Å². The van der Waals surface area contributed by atoms with E-state index in [4.69, 9.17) is 9.47 Å². The molecule has 0 aliphatic carbocycles. The molecule has 1 atom stereocenters. The zero-order chi connectivity index (χ0) is 32.2. The van der Waals surface area contributed by atoms with Crippen molar-refractivity contribution in [3.05, 3.63) is 48.1 Å². The van der Waals surface area contributed by atoms with Gasteiger partial charge >= 0.3 is 0 Å². The third kappa shape index (κ3) is 35.3. The number of ether oxygens (including phenoxy) is 2. The first-order chi connectivity index (χ1) is 21.6. The van der Waals surface area contributed by atoms with Gasteiger partial charge in [0.15, 0.2) is 6.29 Å². The molecule has 0 fully saturated rings. The molecule has 1 unspecified atom stereocenters. The molecule has 0 amide bonds. The number of nitrogens with zero attached hydrogens (tertiary/aromatic N) is 1. The summed E-state index contributed by atoms with van der Waals surface area (Å²) in [4.78, 5) is 2.17. The quantitative estimate of drug-likeness (QED) is 0.0408. The van der Waals surface area contributed by atoms with Crippen LogP contribution in [0.3, 0.4) is 0 Å². The van der Waals surface area contributed by atoms with Crippen molar-refractivity contribution in [3.63, 3.8) is 0 Å². The Bertz CT molecular complexity index is 678. The predicted octanol–water partition coefficient (Wildman–Crippen LogP) is 12.9. The minimum Gasteiger partial charge on any atom is -0.351 e. The molecule has 0 bridgehead atoms. The fraction of sp³-hybridized carbons (Fsp3) is 0.805. The highest BCUT2D eigenvalue weighted by molar-refractivity contribution is 5.04. The van der Waals surface area contributed by atoms with Gasteiger partial charge in [0.05, 0.1) is 0 Å². The SMILES string of the molecule is CCCCC/C=C\C/C=C\CCCCCCCCOC(CN(C)C)OCCCCCCCC/C=C(/C)C/C=C\CCCCC. The lowest BCUT2D eigenvalue weighted by atomic mass is 10.1. The van der Waals surface area contributed by atoms with E-state index in [0.29, 0.717) is 0 Å². The highest BCUT2D eigenvalue weighted by atomic mass is 16.7. The van der Waals surface area contributed by atoms with Crippen LogP contribution in [0.5, 0.6) is 0 Å². The fourth-order valence-corrected chi connectivity index (χ4v) is 5.26. The Morgan fingerprint density at radius 2 is 0.955 bits per heavy atom. The van der Waals surface area contributed by atoms with Gasteiger partial charge in [-0.1, -0.05) is 139 Å². The topological polar surface area (TPSA) is 21.7 Å². The van der Waals surface area contributed by atoms with Crippen molar-refractivity contribution in [1.29, 1.82) is 0 Å². The maximum absolute atomic E-state index is 6.13. The molecule has 0 N–H and O–H groups in total. The summed E-state index contributed by atoms with van der Waals surface area (Å²) >= 11 is 0. The molecule has 0 aromatic heterocycles. The molecule has 0 aliphatic rings. The molecule has 0 aliphatic heterocycles. The molecule has 0 saturated heterocycles. The second-order valence-electron chi connectivity index (χ2n) is 13.1. The van der Waals surface area contributed by atoms with E-state index in [-0.39, 0.29) is 6.29 Å². The second-order valence-corrected chi connectivity index (χ2v) is 13.1. The van der Waals surface area contributed by atoms with E-state index >= 15 is 0 Å². The maximum Gasteiger partial charge on any atom is 0.170 e. The van der Waals surface area contributed by atoms with Gasteiger partial charge in [-0.15, -0.1) is 0 Å². The summed E-state index contributed by atoms with van der Waals surface area (Å²) in [6.07, 6.45) is 47.1. The average molecular weight is 616 g/mol. The smallest absolute Gasteiger partial charge is 0.170 e. The van der Waals surface area contributed by atoms with E-state index in [1.54, 1.807) is 0 Å². The standard InChI is InChI=1S/C41H77NO2/c1-6-8-10-12-14-15-16-17-18-19-20-21-22-25-29-33-37-43-41(39-42(4)5)44-38-34-30-26-23-24-28-32-36-40(3)35-31-27-13-11-9-7-2/h14-15,17-18,27,31,36,41H,6-13,16,19-26,28-30,32-35,37-39H2,1-5H3/b15-14-,18-17-,31-27-,40-36-. The van der Waals surface area contributed by atoms with Gasteiger partial charge in [-0.05, 0) is 98.1 Å². The summed E-state index contributed by atoms with van der Waals surface area (Å²) < 4.78 is 12.2. The number of allylic oxidation sites excluding steroid dienone is 8. The lowest BCUT2D eigenvalue weighted by molar-refractivity contribution is -0.150. The molecule has 0 heterocycles. The third-order valence-electron chi connectivity index (χ3n) is 8.14. The molecule has 0 saturated carbocycles. The predicted molar refractivity (Wildman–Crippen MR) is 198 cm³/mol. The van der Waals surface area contributed by atoms with Crippen LogP contribution in [0.2, 0.25) is 0 Å². The lowest BCUT2D eigenvalue weighted by Crippen LogP contribution is -2.31. The fourth-order valence-electron chi connectivity index (χ4n) is 5.26. The zero-order valence-electron chi connectivity index (χ0n) is 30.5. The summed E-state index contributed by atoms with van der Waals surface area (Å²) in [6.45, 7) is 9.28. The monoisotopic (exact) mass is 616 g/mol. The van der Waals surface area contributed by atoms with Crippen LogP contribution in [0, 0.1) is 0 Å². The molecule has 0 spiro atoms. The van der Waals surface area contributed by atoms with Gasteiger partial charge in [0.25, 0.3) is 0 Å². The van der Waals surface area contributed by atoms with Crippen LogP contribution in [0.4, 0.5) is 0 Å². The Labute approximate surface area is 277 Å². The van der Waals surface area contributed by atoms with Crippen molar-refractivity contribution in [1.82, 2.24) is 4.90 Å². The van der Waals surface area contributed by atoms with Crippen LogP contribution in [0.25, 0.3) is 0 Å². The number of unbranched alkanes of at least 4 members (excludes halogenated alkanes) is 18. The van der Waals surface area contributed by atoms with E-state index in [0.717, 1.165) is 45.4 Å². The molecule has 3 heteroatoms. The van der Waals surface area contributed by atoms with E-state index < -0.39 is 0 Å². The summed E-state index contributed by atoms with van der Waals surface area (Å²) in [6, 6.07) is 0. The lowest BCUT2D eigenvalue weighted by Gasteiger charge is -2.22.